The Morgan fingerprint density at radius 3 is 2.47 bits per heavy atom. The maximum Gasteiger partial charge on any atom is 0.534 e. The first-order valence-electron chi connectivity index (χ1n) is 9.41. The lowest BCUT2D eigenvalue weighted by Gasteiger charge is -2.53. The molecule has 0 unspecified atom stereocenters. The van der Waals surface area contributed by atoms with E-state index in [9.17, 15) is 26.4 Å². The van der Waals surface area contributed by atoms with Crippen molar-refractivity contribution in [1.82, 2.24) is 0 Å². The molecule has 2 aliphatic heterocycles. The van der Waals surface area contributed by atoms with Gasteiger partial charge in [-0.1, -0.05) is 12.1 Å². The SMILES string of the molecule is COC(=O)COCCC12CCC(c3cccc(OS(=O)(=O)C(F)(F)F)c3)(CC1)OC2. The minimum atomic E-state index is -5.73. The first-order valence-corrected chi connectivity index (χ1v) is 10.8. The van der Waals surface area contributed by atoms with Crippen LogP contribution < -0.4 is 4.18 Å². The molecule has 0 radical (unpaired) electrons. The Morgan fingerprint density at radius 2 is 1.90 bits per heavy atom. The molecule has 1 aliphatic carbocycles. The second-order valence-electron chi connectivity index (χ2n) is 7.67. The fourth-order valence-corrected chi connectivity index (χ4v) is 4.42. The van der Waals surface area contributed by atoms with Gasteiger partial charge in [-0.05, 0) is 55.2 Å². The number of esters is 1. The zero-order valence-corrected chi connectivity index (χ0v) is 17.2. The highest BCUT2D eigenvalue weighted by Gasteiger charge is 2.51. The van der Waals surface area contributed by atoms with Gasteiger partial charge in [0.05, 0.1) is 19.3 Å². The van der Waals surface area contributed by atoms with E-state index in [4.69, 9.17) is 9.47 Å². The van der Waals surface area contributed by atoms with E-state index in [1.165, 1.54) is 19.2 Å². The van der Waals surface area contributed by atoms with Crippen LogP contribution in [-0.4, -0.2) is 46.8 Å². The van der Waals surface area contributed by atoms with Crippen LogP contribution in [0.4, 0.5) is 13.2 Å². The van der Waals surface area contributed by atoms with Crippen LogP contribution in [0.25, 0.3) is 0 Å². The highest BCUT2D eigenvalue weighted by Crippen LogP contribution is 2.55. The maximum atomic E-state index is 12.6. The number of halogens is 3. The van der Waals surface area contributed by atoms with Crippen LogP contribution in [0.15, 0.2) is 24.3 Å². The van der Waals surface area contributed by atoms with Crippen molar-refractivity contribution in [3.63, 3.8) is 0 Å². The summed E-state index contributed by atoms with van der Waals surface area (Å²) in [5, 5.41) is 0. The number of rotatable bonds is 8. The topological polar surface area (TPSA) is 88.1 Å². The Kier molecular flexibility index (Phi) is 6.35. The number of benzene rings is 1. The lowest BCUT2D eigenvalue weighted by atomic mass is 9.63. The van der Waals surface area contributed by atoms with Crippen molar-refractivity contribution >= 4 is 16.1 Å². The summed E-state index contributed by atoms with van der Waals surface area (Å²) >= 11 is 0. The predicted molar refractivity (Wildman–Crippen MR) is 98.0 cm³/mol. The van der Waals surface area contributed by atoms with Crippen molar-refractivity contribution in [2.75, 3.05) is 26.9 Å². The molecule has 7 nitrogen and oxygen atoms in total. The minimum absolute atomic E-state index is 0.0778. The minimum Gasteiger partial charge on any atom is -0.467 e. The van der Waals surface area contributed by atoms with Crippen LogP contribution in [0.2, 0.25) is 0 Å². The summed E-state index contributed by atoms with van der Waals surface area (Å²) in [6.07, 6.45) is 3.63. The van der Waals surface area contributed by atoms with E-state index in [1.54, 1.807) is 6.07 Å². The van der Waals surface area contributed by atoms with Crippen LogP contribution in [0.1, 0.15) is 37.7 Å². The van der Waals surface area contributed by atoms with Gasteiger partial charge >= 0.3 is 21.6 Å². The number of methoxy groups -OCH3 is 1. The number of fused-ring (bicyclic) bond motifs is 3. The Labute approximate surface area is 172 Å². The highest BCUT2D eigenvalue weighted by molar-refractivity contribution is 7.88. The standard InChI is InChI=1S/C19H23F3O7S/c1-26-16(23)12-27-10-9-17-5-7-18(8-6-17,28-13-17)14-3-2-4-15(11-14)29-30(24,25)19(20,21)22/h2-4,11H,5-10,12-13H2,1H3. The first-order chi connectivity index (χ1) is 14.0. The monoisotopic (exact) mass is 452 g/mol. The molecule has 0 N–H and O–H groups in total. The van der Waals surface area contributed by atoms with Crippen LogP contribution >= 0.6 is 0 Å². The fraction of sp³-hybridized carbons (Fsp3) is 0.632. The molecule has 0 amide bonds. The second kappa shape index (κ2) is 8.35. The molecule has 168 valence electrons. The molecule has 30 heavy (non-hydrogen) atoms. The molecule has 2 saturated heterocycles. The van der Waals surface area contributed by atoms with Crippen molar-refractivity contribution in [2.24, 2.45) is 5.41 Å². The summed E-state index contributed by atoms with van der Waals surface area (Å²) in [4.78, 5) is 11.1. The molecule has 0 atom stereocenters. The number of hydrogen-bond donors (Lipinski definition) is 0. The van der Waals surface area contributed by atoms with Crippen LogP contribution in [-0.2, 0) is 34.7 Å². The smallest absolute Gasteiger partial charge is 0.467 e. The first kappa shape index (κ1) is 22.8. The quantitative estimate of drug-likeness (QED) is 0.259. The van der Waals surface area contributed by atoms with E-state index < -0.39 is 32.9 Å². The van der Waals surface area contributed by atoms with Gasteiger partial charge in [-0.15, -0.1) is 0 Å². The highest BCUT2D eigenvalue weighted by atomic mass is 32.2. The number of alkyl halides is 3. The number of carbonyl (C=O) groups excluding carboxylic acids is 1. The average Bonchev–Trinajstić information content (AvgIpc) is 2.71. The normalized spacial score (nSPS) is 26.4. The van der Waals surface area contributed by atoms with Gasteiger partial charge in [0.15, 0.2) is 0 Å². The summed E-state index contributed by atoms with van der Waals surface area (Å²) in [7, 11) is -4.44. The molecule has 2 heterocycles. The van der Waals surface area contributed by atoms with Crippen molar-refractivity contribution < 1.29 is 44.8 Å². The van der Waals surface area contributed by atoms with Crippen molar-refractivity contribution in [3.8, 4) is 5.75 Å². The van der Waals surface area contributed by atoms with Crippen LogP contribution in [0.5, 0.6) is 5.75 Å². The molecule has 2 bridgehead atoms. The van der Waals surface area contributed by atoms with Gasteiger partial charge in [0.2, 0.25) is 0 Å². The number of ether oxygens (including phenoxy) is 3. The molecule has 3 fully saturated rings. The fourth-order valence-electron chi connectivity index (χ4n) is 3.97. The Balaban J connectivity index is 1.64. The average molecular weight is 452 g/mol. The number of carbonyl (C=O) groups is 1. The van der Waals surface area contributed by atoms with E-state index in [0.717, 1.165) is 18.9 Å². The van der Waals surface area contributed by atoms with E-state index in [1.807, 2.05) is 0 Å². The third-order valence-corrected chi connectivity index (χ3v) is 6.83. The summed E-state index contributed by atoms with van der Waals surface area (Å²) < 4.78 is 80.5. The van der Waals surface area contributed by atoms with Crippen molar-refractivity contribution in [2.45, 2.75) is 43.2 Å². The zero-order chi connectivity index (χ0) is 22.0. The molecule has 1 aromatic rings. The third kappa shape index (κ3) is 4.73. The van der Waals surface area contributed by atoms with Gasteiger partial charge in [-0.2, -0.15) is 21.6 Å². The predicted octanol–water partition coefficient (Wildman–Crippen LogP) is 3.28. The van der Waals surface area contributed by atoms with E-state index >= 15 is 0 Å². The van der Waals surface area contributed by atoms with Gasteiger partial charge < -0.3 is 18.4 Å². The molecule has 1 saturated carbocycles. The molecule has 3 aliphatic rings. The van der Waals surface area contributed by atoms with Crippen LogP contribution in [0, 0.1) is 5.41 Å². The lowest BCUT2D eigenvalue weighted by Crippen LogP contribution is -2.49. The maximum absolute atomic E-state index is 12.6. The van der Waals surface area contributed by atoms with Gasteiger partial charge in [0, 0.05) is 6.61 Å². The Bertz CT molecular complexity index is 858. The summed E-state index contributed by atoms with van der Waals surface area (Å²) in [6.45, 7) is 0.732. The Morgan fingerprint density at radius 1 is 1.20 bits per heavy atom. The molecular formula is C19H23F3O7S. The molecule has 11 heteroatoms. The summed E-state index contributed by atoms with van der Waals surface area (Å²) in [6, 6.07) is 5.61. The molecular weight excluding hydrogens is 429 g/mol. The number of hydrogen-bond acceptors (Lipinski definition) is 7. The molecule has 1 aromatic carbocycles. The zero-order valence-electron chi connectivity index (χ0n) is 16.4. The van der Waals surface area contributed by atoms with Crippen molar-refractivity contribution in [1.29, 1.82) is 0 Å². The van der Waals surface area contributed by atoms with Gasteiger partial charge in [0.1, 0.15) is 12.4 Å². The third-order valence-electron chi connectivity index (χ3n) is 5.85. The van der Waals surface area contributed by atoms with Gasteiger partial charge in [-0.25, -0.2) is 4.79 Å². The molecule has 4 rings (SSSR count). The van der Waals surface area contributed by atoms with Gasteiger partial charge in [0.25, 0.3) is 0 Å². The van der Waals surface area contributed by atoms with Crippen molar-refractivity contribution in [3.05, 3.63) is 29.8 Å². The van der Waals surface area contributed by atoms with Crippen LogP contribution in [0.3, 0.4) is 0 Å². The molecule has 0 aromatic heterocycles. The summed E-state index contributed by atoms with van der Waals surface area (Å²) in [5.41, 5.74) is -5.67. The van der Waals surface area contributed by atoms with E-state index in [-0.39, 0.29) is 12.0 Å². The van der Waals surface area contributed by atoms with E-state index in [0.29, 0.717) is 38.0 Å². The second-order valence-corrected chi connectivity index (χ2v) is 9.21. The van der Waals surface area contributed by atoms with E-state index in [2.05, 4.69) is 8.92 Å². The molecule has 0 spiro atoms. The lowest BCUT2D eigenvalue weighted by molar-refractivity contribution is -0.194. The Hall–Kier alpha value is -1.85. The summed E-state index contributed by atoms with van der Waals surface area (Å²) in [5.74, 6) is -0.842. The van der Waals surface area contributed by atoms with Gasteiger partial charge in [-0.3, -0.25) is 0 Å². The largest absolute Gasteiger partial charge is 0.534 e.